The molecule has 1 aromatic heterocycles. The van der Waals surface area contributed by atoms with Crippen molar-refractivity contribution in [1.82, 2.24) is 9.88 Å². The van der Waals surface area contributed by atoms with Gasteiger partial charge in [-0.25, -0.2) is 4.98 Å². The van der Waals surface area contributed by atoms with Crippen molar-refractivity contribution in [3.8, 4) is 0 Å². The molecule has 102 valence electrons. The van der Waals surface area contributed by atoms with E-state index in [0.29, 0.717) is 19.4 Å². The van der Waals surface area contributed by atoms with Crippen LogP contribution in [0.5, 0.6) is 0 Å². The zero-order valence-electron chi connectivity index (χ0n) is 9.73. The third-order valence-corrected chi connectivity index (χ3v) is 3.97. The van der Waals surface area contributed by atoms with E-state index in [9.17, 15) is 18.3 Å². The molecule has 0 aromatic carbocycles. The van der Waals surface area contributed by atoms with E-state index in [1.54, 1.807) is 11.6 Å². The molecular weight excluding hydrogens is 265 g/mol. The van der Waals surface area contributed by atoms with Gasteiger partial charge < -0.3 is 5.11 Å². The maximum atomic E-state index is 12.4. The summed E-state index contributed by atoms with van der Waals surface area (Å²) in [6, 6.07) is 0. The van der Waals surface area contributed by atoms with Crippen LogP contribution in [0.15, 0.2) is 11.6 Å². The van der Waals surface area contributed by atoms with Gasteiger partial charge in [0.2, 0.25) is 0 Å². The van der Waals surface area contributed by atoms with Crippen molar-refractivity contribution in [2.75, 3.05) is 19.6 Å². The number of likely N-dealkylation sites (tertiary alicyclic amines) is 1. The number of nitrogens with zero attached hydrogens (tertiary/aromatic N) is 2. The van der Waals surface area contributed by atoms with Crippen molar-refractivity contribution in [1.29, 1.82) is 0 Å². The van der Waals surface area contributed by atoms with Gasteiger partial charge in [0, 0.05) is 24.0 Å². The Kier molecular flexibility index (Phi) is 4.24. The van der Waals surface area contributed by atoms with E-state index in [4.69, 9.17) is 0 Å². The van der Waals surface area contributed by atoms with Crippen molar-refractivity contribution in [2.24, 2.45) is 0 Å². The Morgan fingerprint density at radius 3 is 2.89 bits per heavy atom. The molecule has 0 bridgehead atoms. The topological polar surface area (TPSA) is 36.4 Å². The maximum absolute atomic E-state index is 12.4. The summed E-state index contributed by atoms with van der Waals surface area (Å²) in [4.78, 5) is 5.48. The molecule has 2 atom stereocenters. The molecule has 2 rings (SSSR count). The third kappa shape index (κ3) is 3.66. The predicted molar refractivity (Wildman–Crippen MR) is 62.6 cm³/mol. The normalized spacial score (nSPS) is 27.1. The van der Waals surface area contributed by atoms with Crippen molar-refractivity contribution < 1.29 is 18.3 Å². The fraction of sp³-hybridized carbons (Fsp3) is 0.727. The number of rotatable bonds is 2. The Morgan fingerprint density at radius 1 is 1.50 bits per heavy atom. The quantitative estimate of drug-likeness (QED) is 0.902. The summed E-state index contributed by atoms with van der Waals surface area (Å²) in [5.41, 5.74) is 0. The zero-order chi connectivity index (χ0) is 13.2. The van der Waals surface area contributed by atoms with Crippen LogP contribution in [0, 0.1) is 0 Å². The molecule has 1 fully saturated rings. The van der Waals surface area contributed by atoms with Gasteiger partial charge in [-0.05, 0) is 19.4 Å². The van der Waals surface area contributed by atoms with E-state index in [0.717, 1.165) is 5.01 Å². The van der Waals surface area contributed by atoms with Crippen LogP contribution < -0.4 is 0 Å². The SMILES string of the molecule is OC1CCCN(CC(F)(F)F)CC1c1nccs1. The second kappa shape index (κ2) is 5.54. The molecule has 1 aromatic rings. The number of alkyl halides is 3. The van der Waals surface area contributed by atoms with Gasteiger partial charge in [-0.15, -0.1) is 11.3 Å². The van der Waals surface area contributed by atoms with Crippen LogP contribution in [0.3, 0.4) is 0 Å². The first kappa shape index (κ1) is 13.8. The molecule has 0 aliphatic carbocycles. The van der Waals surface area contributed by atoms with Gasteiger partial charge in [-0.3, -0.25) is 4.90 Å². The molecule has 0 saturated carbocycles. The Labute approximate surface area is 107 Å². The number of hydrogen-bond donors (Lipinski definition) is 1. The molecule has 2 unspecified atom stereocenters. The number of halogens is 3. The molecule has 1 N–H and O–H groups in total. The molecule has 2 heterocycles. The van der Waals surface area contributed by atoms with Gasteiger partial charge >= 0.3 is 6.18 Å². The van der Waals surface area contributed by atoms with Crippen molar-refractivity contribution in [2.45, 2.75) is 31.0 Å². The summed E-state index contributed by atoms with van der Waals surface area (Å²) in [6.07, 6.45) is -2.07. The highest BCUT2D eigenvalue weighted by atomic mass is 32.1. The summed E-state index contributed by atoms with van der Waals surface area (Å²) < 4.78 is 37.3. The average Bonchev–Trinajstić information content (AvgIpc) is 2.70. The molecule has 0 spiro atoms. The Balaban J connectivity index is 2.08. The van der Waals surface area contributed by atoms with Crippen LogP contribution >= 0.6 is 11.3 Å². The number of hydrogen-bond acceptors (Lipinski definition) is 4. The lowest BCUT2D eigenvalue weighted by atomic mass is 10.0. The monoisotopic (exact) mass is 280 g/mol. The van der Waals surface area contributed by atoms with Crippen molar-refractivity contribution in [3.63, 3.8) is 0 Å². The summed E-state index contributed by atoms with van der Waals surface area (Å²) >= 11 is 1.38. The van der Waals surface area contributed by atoms with E-state index in [1.807, 2.05) is 0 Å². The lowest BCUT2D eigenvalue weighted by Crippen LogP contribution is -2.37. The van der Waals surface area contributed by atoms with Gasteiger partial charge in [-0.2, -0.15) is 13.2 Å². The van der Waals surface area contributed by atoms with E-state index in [1.165, 1.54) is 16.2 Å². The highest BCUT2D eigenvalue weighted by Gasteiger charge is 2.35. The minimum atomic E-state index is -4.19. The zero-order valence-corrected chi connectivity index (χ0v) is 10.5. The largest absolute Gasteiger partial charge is 0.401 e. The molecule has 1 aliphatic rings. The van der Waals surface area contributed by atoms with Crippen LogP contribution in [0.25, 0.3) is 0 Å². The Hall–Kier alpha value is -0.660. The highest BCUT2D eigenvalue weighted by Crippen LogP contribution is 2.29. The second-order valence-electron chi connectivity index (χ2n) is 4.54. The molecule has 3 nitrogen and oxygen atoms in total. The van der Waals surface area contributed by atoms with Crippen LogP contribution in [0.1, 0.15) is 23.8 Å². The van der Waals surface area contributed by atoms with Gasteiger partial charge in [0.1, 0.15) is 0 Å². The number of aromatic nitrogens is 1. The maximum Gasteiger partial charge on any atom is 0.401 e. The average molecular weight is 280 g/mol. The van der Waals surface area contributed by atoms with Crippen LogP contribution in [-0.2, 0) is 0 Å². The summed E-state index contributed by atoms with van der Waals surface area (Å²) in [7, 11) is 0. The fourth-order valence-electron chi connectivity index (χ4n) is 2.27. The molecule has 1 aliphatic heterocycles. The minimum Gasteiger partial charge on any atom is -0.392 e. The second-order valence-corrected chi connectivity index (χ2v) is 5.46. The first-order chi connectivity index (χ1) is 8.46. The third-order valence-electron chi connectivity index (χ3n) is 3.07. The Morgan fingerprint density at radius 2 is 2.28 bits per heavy atom. The smallest absolute Gasteiger partial charge is 0.392 e. The molecule has 7 heteroatoms. The first-order valence-corrected chi connectivity index (χ1v) is 6.70. The van der Waals surface area contributed by atoms with Crippen LogP contribution in [-0.4, -0.2) is 46.9 Å². The van der Waals surface area contributed by atoms with Gasteiger partial charge in [0.15, 0.2) is 0 Å². The number of aliphatic hydroxyl groups is 1. The minimum absolute atomic E-state index is 0.216. The summed E-state index contributed by atoms with van der Waals surface area (Å²) in [5, 5.41) is 12.5. The molecule has 18 heavy (non-hydrogen) atoms. The Bertz CT molecular complexity index is 369. The van der Waals surface area contributed by atoms with E-state index >= 15 is 0 Å². The van der Waals surface area contributed by atoms with Gasteiger partial charge in [-0.1, -0.05) is 0 Å². The van der Waals surface area contributed by atoms with Gasteiger partial charge in [0.25, 0.3) is 0 Å². The first-order valence-electron chi connectivity index (χ1n) is 5.82. The summed E-state index contributed by atoms with van der Waals surface area (Å²) in [6.45, 7) is -0.325. The fourth-order valence-corrected chi connectivity index (χ4v) is 3.06. The summed E-state index contributed by atoms with van der Waals surface area (Å²) in [5.74, 6) is -0.310. The van der Waals surface area contributed by atoms with Gasteiger partial charge in [0.05, 0.1) is 17.7 Å². The highest BCUT2D eigenvalue weighted by molar-refractivity contribution is 7.09. The molecule has 0 radical (unpaired) electrons. The van der Waals surface area contributed by atoms with E-state index < -0.39 is 18.8 Å². The van der Waals surface area contributed by atoms with E-state index in [2.05, 4.69) is 4.98 Å². The lowest BCUT2D eigenvalue weighted by Gasteiger charge is -2.25. The standard InChI is InChI=1S/C11H15F3N2OS/c12-11(13,14)7-16-4-1-2-9(17)8(6-16)10-15-3-5-18-10/h3,5,8-9,17H,1-2,4,6-7H2. The van der Waals surface area contributed by atoms with Crippen molar-refractivity contribution >= 4 is 11.3 Å². The molecule has 0 amide bonds. The predicted octanol–water partition coefficient (Wildman–Crippen LogP) is 2.25. The lowest BCUT2D eigenvalue weighted by molar-refractivity contribution is -0.146. The van der Waals surface area contributed by atoms with Crippen molar-refractivity contribution in [3.05, 3.63) is 16.6 Å². The van der Waals surface area contributed by atoms with Crippen LogP contribution in [0.2, 0.25) is 0 Å². The number of thiazole rings is 1. The number of aliphatic hydroxyl groups excluding tert-OH is 1. The molecular formula is C11H15F3N2OS. The van der Waals surface area contributed by atoms with E-state index in [-0.39, 0.29) is 12.5 Å². The van der Waals surface area contributed by atoms with Crippen LogP contribution in [0.4, 0.5) is 13.2 Å². The molecule has 1 saturated heterocycles.